The molecule has 0 fully saturated rings. The summed E-state index contributed by atoms with van der Waals surface area (Å²) in [5, 5.41) is 0. The lowest BCUT2D eigenvalue weighted by Crippen LogP contribution is -2.34. The van der Waals surface area contributed by atoms with Crippen LogP contribution in [-0.2, 0) is 20.9 Å². The van der Waals surface area contributed by atoms with Crippen molar-refractivity contribution in [3.63, 3.8) is 0 Å². The van der Waals surface area contributed by atoms with Gasteiger partial charge in [0.15, 0.2) is 5.92 Å². The summed E-state index contributed by atoms with van der Waals surface area (Å²) in [7, 11) is 0. The van der Waals surface area contributed by atoms with Gasteiger partial charge in [-0.2, -0.15) is 0 Å². The molecular formula is C20H23NO4. The van der Waals surface area contributed by atoms with E-state index in [2.05, 4.69) is 0 Å². The Morgan fingerprint density at radius 1 is 1.00 bits per heavy atom. The third kappa shape index (κ3) is 5.64. The number of carbonyl (C=O) groups is 2. The Morgan fingerprint density at radius 2 is 1.60 bits per heavy atom. The molecule has 0 heterocycles. The fourth-order valence-electron chi connectivity index (χ4n) is 2.27. The van der Waals surface area contributed by atoms with Crippen molar-refractivity contribution in [2.45, 2.75) is 38.9 Å². The molecule has 0 aromatic heterocycles. The van der Waals surface area contributed by atoms with Crippen LogP contribution >= 0.6 is 0 Å². The molecule has 0 aliphatic carbocycles. The van der Waals surface area contributed by atoms with E-state index in [1.807, 2.05) is 30.3 Å². The lowest BCUT2D eigenvalue weighted by atomic mass is 9.98. The van der Waals surface area contributed by atoms with E-state index in [4.69, 9.17) is 15.2 Å². The van der Waals surface area contributed by atoms with E-state index in [1.165, 1.54) is 0 Å². The monoisotopic (exact) mass is 341 g/mol. The molecule has 1 atom stereocenters. The highest BCUT2D eigenvalue weighted by molar-refractivity contribution is 6.02. The minimum absolute atomic E-state index is 0.436. The molecule has 2 N–H and O–H groups in total. The van der Waals surface area contributed by atoms with Gasteiger partial charge in [0.2, 0.25) is 5.91 Å². The molecule has 0 spiro atoms. The van der Waals surface area contributed by atoms with Crippen LogP contribution < -0.4 is 10.5 Å². The molecule has 0 radical (unpaired) electrons. The first kappa shape index (κ1) is 18.5. The lowest BCUT2D eigenvalue weighted by molar-refractivity contribution is -0.158. The fraction of sp³-hybridized carbons (Fsp3) is 0.300. The number of hydrogen-bond donors (Lipinski definition) is 1. The Balaban J connectivity index is 2.07. The van der Waals surface area contributed by atoms with Crippen LogP contribution in [0.2, 0.25) is 0 Å². The summed E-state index contributed by atoms with van der Waals surface area (Å²) in [6.45, 7) is 5.65. The molecule has 0 saturated heterocycles. The Morgan fingerprint density at radius 3 is 2.12 bits per heavy atom. The Kier molecular flexibility index (Phi) is 5.80. The van der Waals surface area contributed by atoms with Crippen LogP contribution in [0.5, 0.6) is 5.75 Å². The minimum Gasteiger partial charge on any atom is -0.489 e. The number of primary amides is 1. The molecule has 5 nitrogen and oxygen atoms in total. The molecule has 1 unspecified atom stereocenters. The molecule has 0 saturated carbocycles. The van der Waals surface area contributed by atoms with Crippen LogP contribution in [0.1, 0.15) is 37.8 Å². The summed E-state index contributed by atoms with van der Waals surface area (Å²) in [5.74, 6) is -1.90. The van der Waals surface area contributed by atoms with Gasteiger partial charge in [-0.15, -0.1) is 0 Å². The second-order valence-electron chi connectivity index (χ2n) is 6.71. The molecule has 0 aliphatic rings. The van der Waals surface area contributed by atoms with Crippen LogP contribution in [0, 0.1) is 0 Å². The first-order valence-corrected chi connectivity index (χ1v) is 8.05. The molecule has 2 aromatic carbocycles. The van der Waals surface area contributed by atoms with E-state index < -0.39 is 23.4 Å². The third-order valence-corrected chi connectivity index (χ3v) is 3.39. The van der Waals surface area contributed by atoms with Crippen molar-refractivity contribution in [2.75, 3.05) is 0 Å². The summed E-state index contributed by atoms with van der Waals surface area (Å²) >= 11 is 0. The fourth-order valence-corrected chi connectivity index (χ4v) is 2.27. The quantitative estimate of drug-likeness (QED) is 0.646. The molecule has 25 heavy (non-hydrogen) atoms. The van der Waals surface area contributed by atoms with E-state index in [0.29, 0.717) is 17.9 Å². The number of esters is 1. The van der Waals surface area contributed by atoms with Crippen molar-refractivity contribution < 1.29 is 19.1 Å². The number of hydrogen-bond acceptors (Lipinski definition) is 4. The molecule has 2 aromatic rings. The summed E-state index contributed by atoms with van der Waals surface area (Å²) in [5.41, 5.74) is 6.23. The summed E-state index contributed by atoms with van der Waals surface area (Å²) in [6.07, 6.45) is 0. The highest BCUT2D eigenvalue weighted by Crippen LogP contribution is 2.23. The van der Waals surface area contributed by atoms with Crippen molar-refractivity contribution in [1.29, 1.82) is 0 Å². The largest absolute Gasteiger partial charge is 0.489 e. The van der Waals surface area contributed by atoms with Gasteiger partial charge in [0.1, 0.15) is 18.0 Å². The maximum Gasteiger partial charge on any atom is 0.323 e. The van der Waals surface area contributed by atoms with E-state index in [-0.39, 0.29) is 0 Å². The minimum atomic E-state index is -1.14. The second kappa shape index (κ2) is 7.83. The van der Waals surface area contributed by atoms with Crippen molar-refractivity contribution in [2.24, 2.45) is 5.73 Å². The van der Waals surface area contributed by atoms with E-state index >= 15 is 0 Å². The Bertz CT molecular complexity index is 718. The average molecular weight is 341 g/mol. The van der Waals surface area contributed by atoms with Gasteiger partial charge >= 0.3 is 5.97 Å². The zero-order valence-electron chi connectivity index (χ0n) is 14.7. The van der Waals surface area contributed by atoms with Crippen molar-refractivity contribution in [3.05, 3.63) is 65.7 Å². The van der Waals surface area contributed by atoms with Gasteiger partial charge in [0.05, 0.1) is 0 Å². The molecule has 0 bridgehead atoms. The van der Waals surface area contributed by atoms with Crippen LogP contribution in [0.15, 0.2) is 54.6 Å². The average Bonchev–Trinajstić information content (AvgIpc) is 2.53. The molecular weight excluding hydrogens is 318 g/mol. The highest BCUT2D eigenvalue weighted by atomic mass is 16.6. The molecule has 132 valence electrons. The maximum atomic E-state index is 12.2. The SMILES string of the molecule is CC(C)(C)OC(=O)C(C(N)=O)c1ccc(OCc2ccccc2)cc1. The first-order chi connectivity index (χ1) is 11.8. The van der Waals surface area contributed by atoms with Gasteiger partial charge in [-0.3, -0.25) is 9.59 Å². The summed E-state index contributed by atoms with van der Waals surface area (Å²) in [6, 6.07) is 16.5. The molecule has 5 heteroatoms. The predicted molar refractivity (Wildman–Crippen MR) is 95.0 cm³/mol. The number of benzene rings is 2. The smallest absolute Gasteiger partial charge is 0.323 e. The number of nitrogens with two attached hydrogens (primary N) is 1. The van der Waals surface area contributed by atoms with Crippen molar-refractivity contribution in [1.82, 2.24) is 0 Å². The van der Waals surface area contributed by atoms with Crippen LogP contribution in [0.3, 0.4) is 0 Å². The van der Waals surface area contributed by atoms with E-state index in [0.717, 1.165) is 5.56 Å². The Labute approximate surface area is 147 Å². The van der Waals surface area contributed by atoms with Crippen molar-refractivity contribution in [3.8, 4) is 5.75 Å². The zero-order chi connectivity index (χ0) is 18.4. The standard InChI is InChI=1S/C20H23NO4/c1-20(2,3)25-19(23)17(18(21)22)15-9-11-16(12-10-15)24-13-14-7-5-4-6-8-14/h4-12,17H,13H2,1-3H3,(H2,21,22). The summed E-state index contributed by atoms with van der Waals surface area (Å²) < 4.78 is 11.0. The molecule has 1 amide bonds. The number of rotatable bonds is 6. The first-order valence-electron chi connectivity index (χ1n) is 8.05. The second-order valence-corrected chi connectivity index (χ2v) is 6.71. The van der Waals surface area contributed by atoms with E-state index in [1.54, 1.807) is 45.0 Å². The van der Waals surface area contributed by atoms with Gasteiger partial charge in [0.25, 0.3) is 0 Å². The number of carbonyl (C=O) groups excluding carboxylic acids is 2. The van der Waals surface area contributed by atoms with E-state index in [9.17, 15) is 9.59 Å². The van der Waals surface area contributed by atoms with Crippen LogP contribution in [-0.4, -0.2) is 17.5 Å². The van der Waals surface area contributed by atoms with Gasteiger partial charge in [-0.25, -0.2) is 0 Å². The highest BCUT2D eigenvalue weighted by Gasteiger charge is 2.31. The molecule has 2 rings (SSSR count). The Hall–Kier alpha value is -2.82. The van der Waals surface area contributed by atoms with Gasteiger partial charge in [0, 0.05) is 0 Å². The summed E-state index contributed by atoms with van der Waals surface area (Å²) in [4.78, 5) is 24.0. The predicted octanol–water partition coefficient (Wildman–Crippen LogP) is 3.18. The normalized spacial score (nSPS) is 12.3. The van der Waals surface area contributed by atoms with Gasteiger partial charge in [-0.05, 0) is 44.0 Å². The number of ether oxygens (including phenoxy) is 2. The number of amides is 1. The maximum absolute atomic E-state index is 12.2. The zero-order valence-corrected chi connectivity index (χ0v) is 14.7. The lowest BCUT2D eigenvalue weighted by Gasteiger charge is -2.22. The van der Waals surface area contributed by atoms with Crippen LogP contribution in [0.25, 0.3) is 0 Å². The topological polar surface area (TPSA) is 78.6 Å². The van der Waals surface area contributed by atoms with Gasteiger partial charge < -0.3 is 15.2 Å². The third-order valence-electron chi connectivity index (χ3n) is 3.39. The van der Waals surface area contributed by atoms with Gasteiger partial charge in [-0.1, -0.05) is 42.5 Å². The molecule has 0 aliphatic heterocycles. The van der Waals surface area contributed by atoms with Crippen LogP contribution in [0.4, 0.5) is 0 Å². The van der Waals surface area contributed by atoms with Crippen molar-refractivity contribution >= 4 is 11.9 Å².